The van der Waals surface area contributed by atoms with E-state index in [0.717, 1.165) is 5.56 Å². The Labute approximate surface area is 160 Å². The van der Waals surface area contributed by atoms with Gasteiger partial charge in [-0.25, -0.2) is 22.6 Å². The van der Waals surface area contributed by atoms with Gasteiger partial charge in [0.05, 0.1) is 12.2 Å². The van der Waals surface area contributed by atoms with Crippen LogP contribution in [0.2, 0.25) is 0 Å². The van der Waals surface area contributed by atoms with Crippen molar-refractivity contribution in [2.24, 2.45) is 0 Å². The van der Waals surface area contributed by atoms with E-state index < -0.39 is 10.0 Å². The van der Waals surface area contributed by atoms with Gasteiger partial charge in [0, 0.05) is 36.6 Å². The quantitative estimate of drug-likeness (QED) is 0.514. The highest BCUT2D eigenvalue weighted by atomic mass is 32.2. The zero-order valence-corrected chi connectivity index (χ0v) is 15.9. The number of nitrogens with two attached hydrogens (primary N) is 1. The molecule has 0 aliphatic carbocycles. The molecule has 0 fully saturated rings. The zero-order valence-electron chi connectivity index (χ0n) is 15.1. The van der Waals surface area contributed by atoms with Gasteiger partial charge in [0.2, 0.25) is 16.0 Å². The van der Waals surface area contributed by atoms with Crippen LogP contribution in [0.15, 0.2) is 46.1 Å². The number of sulfonamides is 1. The number of fused-ring (bicyclic) bond motifs is 1. The number of nitrogens with zero attached hydrogens (tertiary/aromatic N) is 5. The fraction of sp³-hybridized carbons (Fsp3) is 0.176. The topological polar surface area (TPSA) is 141 Å². The summed E-state index contributed by atoms with van der Waals surface area (Å²) in [6.45, 7) is 3.47. The molecule has 4 rings (SSSR count). The van der Waals surface area contributed by atoms with Crippen LogP contribution in [0.1, 0.15) is 17.3 Å². The van der Waals surface area contributed by atoms with Crippen molar-refractivity contribution in [3.63, 3.8) is 0 Å². The molecule has 11 heteroatoms. The maximum absolute atomic E-state index is 12.7. The summed E-state index contributed by atoms with van der Waals surface area (Å²) in [5.41, 5.74) is 8.18. The molecule has 4 heterocycles. The largest absolute Gasteiger partial charge is 0.444 e. The zero-order chi connectivity index (χ0) is 19.9. The van der Waals surface area contributed by atoms with Crippen molar-refractivity contribution in [3.05, 3.63) is 54.1 Å². The number of nitrogens with one attached hydrogen (secondary N) is 1. The Balaban J connectivity index is 1.62. The normalized spacial score (nSPS) is 11.9. The van der Waals surface area contributed by atoms with Gasteiger partial charge in [0.15, 0.2) is 11.5 Å². The number of aromatic nitrogens is 5. The summed E-state index contributed by atoms with van der Waals surface area (Å²) < 4.78 is 34.8. The van der Waals surface area contributed by atoms with Crippen LogP contribution in [0.4, 0.5) is 5.95 Å². The summed E-state index contributed by atoms with van der Waals surface area (Å²) in [5, 5.41) is 4.06. The molecular formula is C17H17N7O3S. The highest BCUT2D eigenvalue weighted by molar-refractivity contribution is 7.89. The van der Waals surface area contributed by atoms with Gasteiger partial charge in [0.1, 0.15) is 10.7 Å². The number of nitrogen functional groups attached to an aromatic ring is 1. The predicted molar refractivity (Wildman–Crippen MR) is 101 cm³/mol. The van der Waals surface area contributed by atoms with Crippen molar-refractivity contribution in [3.8, 4) is 11.1 Å². The summed E-state index contributed by atoms with van der Waals surface area (Å²) >= 11 is 0. The summed E-state index contributed by atoms with van der Waals surface area (Å²) in [4.78, 5) is 12.3. The second-order valence-corrected chi connectivity index (χ2v) is 7.93. The van der Waals surface area contributed by atoms with Crippen LogP contribution < -0.4 is 10.5 Å². The molecule has 0 atom stereocenters. The molecule has 0 amide bonds. The second kappa shape index (κ2) is 6.69. The molecule has 28 heavy (non-hydrogen) atoms. The van der Waals surface area contributed by atoms with Crippen LogP contribution in [-0.2, 0) is 16.6 Å². The molecule has 0 unspecified atom stereocenters. The third-order valence-electron chi connectivity index (χ3n) is 4.13. The van der Waals surface area contributed by atoms with Gasteiger partial charge in [-0.15, -0.1) is 5.10 Å². The lowest BCUT2D eigenvalue weighted by molar-refractivity contribution is 0.466. The van der Waals surface area contributed by atoms with Gasteiger partial charge >= 0.3 is 0 Å². The number of hydrogen-bond acceptors (Lipinski definition) is 8. The van der Waals surface area contributed by atoms with E-state index in [1.807, 2.05) is 0 Å². The molecule has 0 spiro atoms. The molecule has 0 saturated heterocycles. The van der Waals surface area contributed by atoms with Crippen molar-refractivity contribution in [2.45, 2.75) is 25.3 Å². The first kappa shape index (κ1) is 18.1. The van der Waals surface area contributed by atoms with Gasteiger partial charge in [-0.1, -0.05) is 0 Å². The fourth-order valence-corrected chi connectivity index (χ4v) is 3.75. The van der Waals surface area contributed by atoms with Gasteiger partial charge < -0.3 is 10.2 Å². The summed E-state index contributed by atoms with van der Waals surface area (Å²) in [5.74, 6) is 1.12. The molecule has 0 aliphatic heterocycles. The third-order valence-corrected chi connectivity index (χ3v) is 5.49. The van der Waals surface area contributed by atoms with Crippen molar-refractivity contribution in [2.75, 3.05) is 5.73 Å². The lowest BCUT2D eigenvalue weighted by Gasteiger charge is -2.08. The number of oxazole rings is 1. The van der Waals surface area contributed by atoms with Gasteiger partial charge in [-0.3, -0.25) is 4.98 Å². The van der Waals surface area contributed by atoms with Gasteiger partial charge in [-0.2, -0.15) is 4.98 Å². The molecule has 10 nitrogen and oxygen atoms in total. The highest BCUT2D eigenvalue weighted by Gasteiger charge is 2.18. The van der Waals surface area contributed by atoms with Crippen LogP contribution in [-0.4, -0.2) is 33.0 Å². The van der Waals surface area contributed by atoms with Crippen molar-refractivity contribution >= 4 is 21.6 Å². The van der Waals surface area contributed by atoms with Crippen LogP contribution in [0.3, 0.4) is 0 Å². The van der Waals surface area contributed by atoms with Crippen molar-refractivity contribution < 1.29 is 12.8 Å². The van der Waals surface area contributed by atoms with Crippen LogP contribution in [0.25, 0.3) is 16.8 Å². The van der Waals surface area contributed by atoms with E-state index in [1.54, 1.807) is 38.4 Å². The number of rotatable bonds is 5. The first-order valence-corrected chi connectivity index (χ1v) is 9.80. The lowest BCUT2D eigenvalue weighted by atomic mass is 10.1. The van der Waals surface area contributed by atoms with Crippen LogP contribution >= 0.6 is 0 Å². The summed E-state index contributed by atoms with van der Waals surface area (Å²) in [7, 11) is -3.79. The molecule has 0 aromatic carbocycles. The Morgan fingerprint density at radius 2 is 2.00 bits per heavy atom. The first-order valence-electron chi connectivity index (χ1n) is 8.32. The van der Waals surface area contributed by atoms with E-state index in [-0.39, 0.29) is 17.4 Å². The standard InChI is InChI=1S/C17H17N7O3S/c1-10-15(27-11(2)21-10)8-20-28(25,26)14-5-13(6-19-7-14)12-3-4-16-22-17(18)23-24(16)9-12/h3-7,9,20H,8H2,1-2H3,(H2,18,23). The maximum atomic E-state index is 12.7. The second-order valence-electron chi connectivity index (χ2n) is 6.17. The van der Waals surface area contributed by atoms with E-state index in [1.165, 1.54) is 16.8 Å². The van der Waals surface area contributed by atoms with Gasteiger partial charge in [-0.05, 0) is 25.1 Å². The molecule has 4 aromatic rings. The smallest absolute Gasteiger partial charge is 0.242 e. The Hall–Kier alpha value is -3.31. The van der Waals surface area contributed by atoms with E-state index >= 15 is 0 Å². The fourth-order valence-electron chi connectivity index (χ4n) is 2.78. The Morgan fingerprint density at radius 3 is 2.75 bits per heavy atom. The minimum Gasteiger partial charge on any atom is -0.444 e. The third kappa shape index (κ3) is 3.44. The van der Waals surface area contributed by atoms with Crippen LogP contribution in [0, 0.1) is 13.8 Å². The summed E-state index contributed by atoms with van der Waals surface area (Å²) in [6.07, 6.45) is 4.57. The lowest BCUT2D eigenvalue weighted by Crippen LogP contribution is -2.23. The molecule has 0 saturated carbocycles. The molecule has 0 bridgehead atoms. The minimum atomic E-state index is -3.79. The first-order chi connectivity index (χ1) is 13.3. The van der Waals surface area contributed by atoms with E-state index in [2.05, 4.69) is 24.8 Å². The van der Waals surface area contributed by atoms with Gasteiger partial charge in [0.25, 0.3) is 0 Å². The Kier molecular flexibility index (Phi) is 4.32. The molecule has 0 radical (unpaired) electrons. The predicted octanol–water partition coefficient (Wildman–Crippen LogP) is 1.46. The molecular weight excluding hydrogens is 382 g/mol. The molecule has 0 aliphatic rings. The molecule has 4 aromatic heterocycles. The van der Waals surface area contributed by atoms with E-state index in [9.17, 15) is 8.42 Å². The minimum absolute atomic E-state index is 0.00340. The number of anilines is 1. The van der Waals surface area contributed by atoms with Crippen LogP contribution in [0.5, 0.6) is 0 Å². The number of hydrogen-bond donors (Lipinski definition) is 2. The monoisotopic (exact) mass is 399 g/mol. The van der Waals surface area contributed by atoms with E-state index in [0.29, 0.717) is 28.6 Å². The average molecular weight is 399 g/mol. The SMILES string of the molecule is Cc1nc(C)c(CNS(=O)(=O)c2cncc(-c3ccc4nc(N)nn4c3)c2)o1. The maximum Gasteiger partial charge on any atom is 0.242 e. The average Bonchev–Trinajstić information content (AvgIpc) is 3.19. The Bertz CT molecular complexity index is 1280. The molecule has 3 N–H and O–H groups in total. The Morgan fingerprint density at radius 1 is 1.18 bits per heavy atom. The summed E-state index contributed by atoms with van der Waals surface area (Å²) in [6, 6.07) is 5.08. The van der Waals surface area contributed by atoms with Crippen molar-refractivity contribution in [1.29, 1.82) is 0 Å². The molecule has 144 valence electrons. The number of aryl methyl sites for hydroxylation is 2. The van der Waals surface area contributed by atoms with Crippen molar-refractivity contribution in [1.82, 2.24) is 29.3 Å². The highest BCUT2D eigenvalue weighted by Crippen LogP contribution is 2.22. The number of pyridine rings is 2. The van der Waals surface area contributed by atoms with E-state index in [4.69, 9.17) is 10.2 Å².